The molecule has 0 radical (unpaired) electrons. The van der Waals surface area contributed by atoms with Crippen molar-refractivity contribution in [1.82, 2.24) is 10.2 Å². The second-order valence-corrected chi connectivity index (χ2v) is 7.97. The van der Waals surface area contributed by atoms with Gasteiger partial charge in [0, 0.05) is 31.4 Å². The molecule has 1 aliphatic rings. The van der Waals surface area contributed by atoms with Gasteiger partial charge in [0.1, 0.15) is 0 Å². The Kier molecular flexibility index (Phi) is 7.25. The average Bonchev–Trinajstić information content (AvgIpc) is 2.70. The van der Waals surface area contributed by atoms with Gasteiger partial charge >= 0.3 is 0 Å². The van der Waals surface area contributed by atoms with E-state index in [0.29, 0.717) is 12.0 Å². The lowest BCUT2D eigenvalue weighted by atomic mass is 9.99. The first-order chi connectivity index (χ1) is 13.1. The lowest BCUT2D eigenvalue weighted by Crippen LogP contribution is -2.45. The lowest BCUT2D eigenvalue weighted by molar-refractivity contribution is 0.199. The topological polar surface area (TPSA) is 27.3 Å². The number of nitrogens with zero attached hydrogens (tertiary/aromatic N) is 1. The highest BCUT2D eigenvalue weighted by Crippen LogP contribution is 2.20. The molecule has 4 heteroatoms. The van der Waals surface area contributed by atoms with Gasteiger partial charge in [0.05, 0.1) is 0 Å². The van der Waals surface area contributed by atoms with Crippen LogP contribution in [0.1, 0.15) is 50.2 Å². The van der Waals surface area contributed by atoms with Crippen molar-refractivity contribution in [2.24, 2.45) is 0 Å². The van der Waals surface area contributed by atoms with Gasteiger partial charge in [-0.1, -0.05) is 56.3 Å². The normalized spacial score (nSPS) is 16.7. The Morgan fingerprint density at radius 3 is 2.37 bits per heavy atom. The van der Waals surface area contributed by atoms with Crippen LogP contribution in [0.15, 0.2) is 54.6 Å². The molecule has 0 aromatic heterocycles. The van der Waals surface area contributed by atoms with E-state index in [9.17, 15) is 0 Å². The fourth-order valence-corrected chi connectivity index (χ4v) is 3.84. The molecule has 0 bridgehead atoms. The van der Waals surface area contributed by atoms with E-state index in [-0.39, 0.29) is 0 Å². The van der Waals surface area contributed by atoms with E-state index in [0.717, 1.165) is 49.7 Å². The quantitative estimate of drug-likeness (QED) is 0.677. The molecule has 2 aromatic carbocycles. The Hall–Kier alpha value is -1.91. The van der Waals surface area contributed by atoms with Crippen LogP contribution in [0.5, 0.6) is 0 Å². The van der Waals surface area contributed by atoms with Gasteiger partial charge in [0.15, 0.2) is 5.11 Å². The summed E-state index contributed by atoms with van der Waals surface area (Å²) >= 11 is 5.52. The Bertz CT molecular complexity index is 706. The number of hydrogen-bond donors (Lipinski definition) is 2. The molecule has 3 rings (SSSR count). The van der Waals surface area contributed by atoms with Crippen molar-refractivity contribution in [1.29, 1.82) is 0 Å². The summed E-state index contributed by atoms with van der Waals surface area (Å²) in [6.45, 7) is 7.75. The van der Waals surface area contributed by atoms with Gasteiger partial charge in [-0.05, 0) is 60.7 Å². The minimum atomic E-state index is 0.455. The van der Waals surface area contributed by atoms with Crippen molar-refractivity contribution < 1.29 is 0 Å². The van der Waals surface area contributed by atoms with Gasteiger partial charge in [-0.2, -0.15) is 0 Å². The van der Waals surface area contributed by atoms with E-state index < -0.39 is 0 Å². The Morgan fingerprint density at radius 1 is 1.07 bits per heavy atom. The van der Waals surface area contributed by atoms with Crippen molar-refractivity contribution in [3.05, 3.63) is 65.7 Å². The molecule has 1 atom stereocenters. The number of likely N-dealkylation sites (tertiary alicyclic amines) is 1. The van der Waals surface area contributed by atoms with Crippen LogP contribution in [0.2, 0.25) is 0 Å². The largest absolute Gasteiger partial charge is 0.360 e. The molecule has 0 spiro atoms. The second-order valence-electron chi connectivity index (χ2n) is 7.57. The van der Waals surface area contributed by atoms with Gasteiger partial charge in [0.25, 0.3) is 0 Å². The number of nitrogens with one attached hydrogen (secondary N) is 2. The van der Waals surface area contributed by atoms with E-state index in [4.69, 9.17) is 12.2 Å². The number of piperidine rings is 1. The number of rotatable bonds is 6. The Morgan fingerprint density at radius 2 is 1.74 bits per heavy atom. The maximum absolute atomic E-state index is 5.52. The first-order valence-corrected chi connectivity index (χ1v) is 10.5. The zero-order chi connectivity index (χ0) is 19.1. The van der Waals surface area contributed by atoms with Crippen LogP contribution in [0.25, 0.3) is 0 Å². The minimum absolute atomic E-state index is 0.455. The van der Waals surface area contributed by atoms with Crippen LogP contribution in [-0.4, -0.2) is 29.1 Å². The molecule has 2 aromatic rings. The summed E-state index contributed by atoms with van der Waals surface area (Å²) in [7, 11) is 0. The van der Waals surface area contributed by atoms with Gasteiger partial charge in [0.2, 0.25) is 0 Å². The molecule has 0 saturated carbocycles. The number of anilines is 1. The Labute approximate surface area is 169 Å². The van der Waals surface area contributed by atoms with Crippen LogP contribution >= 0.6 is 12.2 Å². The van der Waals surface area contributed by atoms with Gasteiger partial charge < -0.3 is 10.6 Å². The van der Waals surface area contributed by atoms with E-state index >= 15 is 0 Å². The molecule has 0 aliphatic carbocycles. The summed E-state index contributed by atoms with van der Waals surface area (Å²) in [6, 6.07) is 19.8. The van der Waals surface area contributed by atoms with Gasteiger partial charge in [-0.15, -0.1) is 0 Å². The summed E-state index contributed by atoms with van der Waals surface area (Å²) in [5.74, 6) is 0.602. The maximum atomic E-state index is 5.52. The van der Waals surface area contributed by atoms with Crippen molar-refractivity contribution in [3.63, 3.8) is 0 Å². The fraction of sp³-hybridized carbons (Fsp3) is 0.435. The van der Waals surface area contributed by atoms with Crippen LogP contribution in [-0.2, 0) is 6.54 Å². The number of benzene rings is 2. The van der Waals surface area contributed by atoms with Crippen LogP contribution in [0.4, 0.5) is 5.69 Å². The monoisotopic (exact) mass is 381 g/mol. The summed E-state index contributed by atoms with van der Waals surface area (Å²) in [5.41, 5.74) is 3.83. The zero-order valence-corrected chi connectivity index (χ0v) is 17.3. The Balaban J connectivity index is 1.41. The average molecular weight is 382 g/mol. The SMILES string of the molecule is CC[C@@H](C)c1ccc(NC(=S)NC2CCN(Cc3ccccc3)CC2)cc1. The third-order valence-corrected chi connectivity index (χ3v) is 5.74. The smallest absolute Gasteiger partial charge is 0.170 e. The molecule has 1 aliphatic heterocycles. The standard InChI is InChI=1S/C23H31N3S/c1-3-18(2)20-9-11-21(12-10-20)24-23(27)25-22-13-15-26(16-14-22)17-19-7-5-4-6-8-19/h4-12,18,22H,3,13-17H2,1-2H3,(H2,24,25,27)/t18-/m1/s1. The van der Waals surface area contributed by atoms with Crippen LogP contribution in [0.3, 0.4) is 0 Å². The van der Waals surface area contributed by atoms with Gasteiger partial charge in [-0.3, -0.25) is 4.90 Å². The molecule has 27 heavy (non-hydrogen) atoms. The first kappa shape index (κ1) is 19.8. The zero-order valence-electron chi connectivity index (χ0n) is 16.4. The maximum Gasteiger partial charge on any atom is 0.170 e. The lowest BCUT2D eigenvalue weighted by Gasteiger charge is -2.33. The highest BCUT2D eigenvalue weighted by atomic mass is 32.1. The van der Waals surface area contributed by atoms with Crippen LogP contribution < -0.4 is 10.6 Å². The van der Waals surface area contributed by atoms with Crippen molar-refractivity contribution in [3.8, 4) is 0 Å². The molecule has 0 unspecified atom stereocenters. The third kappa shape index (κ3) is 6.05. The molecular weight excluding hydrogens is 350 g/mol. The summed E-state index contributed by atoms with van der Waals surface area (Å²) in [6.07, 6.45) is 3.42. The third-order valence-electron chi connectivity index (χ3n) is 5.52. The number of thiocarbonyl (C=S) groups is 1. The first-order valence-electron chi connectivity index (χ1n) is 10.1. The van der Waals surface area contributed by atoms with Gasteiger partial charge in [-0.25, -0.2) is 0 Å². The van der Waals surface area contributed by atoms with E-state index in [2.05, 4.69) is 84.0 Å². The molecule has 3 nitrogen and oxygen atoms in total. The highest BCUT2D eigenvalue weighted by Gasteiger charge is 2.19. The summed E-state index contributed by atoms with van der Waals surface area (Å²) in [4.78, 5) is 2.53. The van der Waals surface area contributed by atoms with Crippen LogP contribution in [0, 0.1) is 0 Å². The molecule has 1 fully saturated rings. The predicted molar refractivity (Wildman–Crippen MR) is 119 cm³/mol. The fourth-order valence-electron chi connectivity index (χ4n) is 3.56. The molecule has 1 heterocycles. The predicted octanol–water partition coefficient (Wildman–Crippen LogP) is 5.15. The second kappa shape index (κ2) is 9.86. The van der Waals surface area contributed by atoms with E-state index in [1.165, 1.54) is 11.1 Å². The molecule has 2 N–H and O–H groups in total. The summed E-state index contributed by atoms with van der Waals surface area (Å²) < 4.78 is 0. The highest BCUT2D eigenvalue weighted by molar-refractivity contribution is 7.80. The summed E-state index contributed by atoms with van der Waals surface area (Å²) in [5, 5.41) is 7.55. The molecular formula is C23H31N3S. The van der Waals surface area contributed by atoms with Crippen molar-refractivity contribution in [2.75, 3.05) is 18.4 Å². The van der Waals surface area contributed by atoms with Crippen molar-refractivity contribution >= 4 is 23.0 Å². The minimum Gasteiger partial charge on any atom is -0.360 e. The van der Waals surface area contributed by atoms with Crippen molar-refractivity contribution in [2.45, 2.75) is 51.6 Å². The molecule has 0 amide bonds. The van der Waals surface area contributed by atoms with E-state index in [1.54, 1.807) is 0 Å². The number of hydrogen-bond acceptors (Lipinski definition) is 2. The molecule has 144 valence electrons. The molecule has 1 saturated heterocycles. The van der Waals surface area contributed by atoms with E-state index in [1.807, 2.05) is 0 Å².